The fourth-order valence-corrected chi connectivity index (χ4v) is 1.58. The molecule has 0 saturated carbocycles. The van der Waals surface area contributed by atoms with E-state index in [0.717, 1.165) is 11.4 Å². The molecule has 0 amide bonds. The Morgan fingerprint density at radius 3 is 3.00 bits per heavy atom. The van der Waals surface area contributed by atoms with E-state index in [9.17, 15) is 0 Å². The Hall–Kier alpha value is -1.30. The number of nitrogens with one attached hydrogen (secondary N) is 1. The summed E-state index contributed by atoms with van der Waals surface area (Å²) in [5.74, 6) is 0. The van der Waals surface area contributed by atoms with E-state index in [-0.39, 0.29) is 12.4 Å². The molecule has 0 radical (unpaired) electrons. The van der Waals surface area contributed by atoms with Gasteiger partial charge in [-0.05, 0) is 12.1 Å². The van der Waals surface area contributed by atoms with Crippen LogP contribution in [0.25, 0.3) is 5.69 Å². The lowest BCUT2D eigenvalue weighted by molar-refractivity contribution is 0.211. The summed E-state index contributed by atoms with van der Waals surface area (Å²) < 4.78 is 6.64. The maximum Gasteiger partial charge on any atom is 0.174 e. The number of hydrogen-bond donors (Lipinski definition) is 1. The molecule has 7 heteroatoms. The summed E-state index contributed by atoms with van der Waals surface area (Å²) in [6.45, 7) is 1.31. The van der Waals surface area contributed by atoms with E-state index in [0.29, 0.717) is 18.3 Å². The summed E-state index contributed by atoms with van der Waals surface area (Å²) in [5, 5.41) is 7.78. The summed E-state index contributed by atoms with van der Waals surface area (Å²) >= 11 is 6.02. The number of nitrogens with zero attached hydrogens (tertiary/aromatic N) is 3. The first-order chi connectivity index (χ1) is 8.31. The quantitative estimate of drug-likeness (QED) is 0.859. The maximum absolute atomic E-state index is 6.02. The minimum Gasteiger partial charge on any atom is -0.383 e. The third kappa shape index (κ3) is 3.60. The number of methoxy groups -OCH3 is 1. The van der Waals surface area contributed by atoms with Crippen LogP contribution >= 0.6 is 24.0 Å². The summed E-state index contributed by atoms with van der Waals surface area (Å²) in [7, 11) is 1.66. The Morgan fingerprint density at radius 2 is 2.33 bits per heavy atom. The van der Waals surface area contributed by atoms with Gasteiger partial charge < -0.3 is 10.1 Å². The Morgan fingerprint density at radius 1 is 1.50 bits per heavy atom. The normalized spacial score (nSPS) is 9.89. The minimum absolute atomic E-state index is 0. The molecule has 0 spiro atoms. The van der Waals surface area contributed by atoms with Gasteiger partial charge in [0.15, 0.2) is 5.15 Å². The van der Waals surface area contributed by atoms with Gasteiger partial charge >= 0.3 is 0 Å². The fourth-order valence-electron chi connectivity index (χ4n) is 1.38. The smallest absolute Gasteiger partial charge is 0.174 e. The number of rotatable bonds is 5. The fraction of sp³-hybridized carbons (Fsp3) is 0.273. The molecule has 0 aliphatic carbocycles. The van der Waals surface area contributed by atoms with E-state index in [1.807, 2.05) is 18.3 Å². The molecule has 2 heterocycles. The molecule has 98 valence electrons. The van der Waals surface area contributed by atoms with Crippen LogP contribution in [-0.2, 0) is 4.74 Å². The topological polar surface area (TPSA) is 52.0 Å². The Kier molecular flexibility index (Phi) is 5.91. The van der Waals surface area contributed by atoms with E-state index in [4.69, 9.17) is 16.3 Å². The molecule has 0 bridgehead atoms. The average Bonchev–Trinajstić information content (AvgIpc) is 2.73. The van der Waals surface area contributed by atoms with E-state index in [1.165, 1.54) is 0 Å². The molecular weight excluding hydrogens is 275 g/mol. The standard InChI is InChI=1S/C11H13ClN4O.ClH/c1-17-6-5-14-10-8-16(15-11(10)12)9-3-2-4-13-7-9;/h2-4,7-8,14H,5-6H2,1H3;1H. The zero-order valence-electron chi connectivity index (χ0n) is 9.84. The summed E-state index contributed by atoms with van der Waals surface area (Å²) in [5.41, 5.74) is 1.65. The lowest BCUT2D eigenvalue weighted by Gasteiger charge is -2.01. The second-order valence-corrected chi connectivity index (χ2v) is 3.77. The number of anilines is 1. The van der Waals surface area contributed by atoms with Crippen molar-refractivity contribution in [2.75, 3.05) is 25.6 Å². The van der Waals surface area contributed by atoms with Crippen LogP contribution in [0.2, 0.25) is 5.15 Å². The van der Waals surface area contributed by atoms with E-state index < -0.39 is 0 Å². The predicted molar refractivity (Wildman–Crippen MR) is 74.0 cm³/mol. The molecule has 0 unspecified atom stereocenters. The number of hydrogen-bond acceptors (Lipinski definition) is 4. The molecule has 0 aromatic carbocycles. The van der Waals surface area contributed by atoms with Crippen LogP contribution in [-0.4, -0.2) is 35.0 Å². The highest BCUT2D eigenvalue weighted by Crippen LogP contribution is 2.21. The second-order valence-electron chi connectivity index (χ2n) is 3.41. The third-order valence-electron chi connectivity index (χ3n) is 2.20. The number of pyridine rings is 1. The predicted octanol–water partition coefficient (Wildman–Crippen LogP) is 2.40. The first kappa shape index (κ1) is 14.8. The van der Waals surface area contributed by atoms with E-state index in [1.54, 1.807) is 24.2 Å². The van der Waals surface area contributed by atoms with Gasteiger partial charge in [0.05, 0.1) is 30.4 Å². The molecule has 18 heavy (non-hydrogen) atoms. The van der Waals surface area contributed by atoms with Gasteiger partial charge in [0.1, 0.15) is 0 Å². The largest absolute Gasteiger partial charge is 0.383 e. The third-order valence-corrected chi connectivity index (χ3v) is 2.48. The summed E-state index contributed by atoms with van der Waals surface area (Å²) in [4.78, 5) is 4.03. The zero-order chi connectivity index (χ0) is 12.1. The monoisotopic (exact) mass is 288 g/mol. The van der Waals surface area contributed by atoms with Gasteiger partial charge in [-0.25, -0.2) is 4.68 Å². The van der Waals surface area contributed by atoms with Gasteiger partial charge in [-0.15, -0.1) is 12.4 Å². The van der Waals surface area contributed by atoms with Crippen molar-refractivity contribution < 1.29 is 4.74 Å². The number of aromatic nitrogens is 3. The first-order valence-corrected chi connectivity index (χ1v) is 5.57. The summed E-state index contributed by atoms with van der Waals surface area (Å²) in [6, 6.07) is 3.76. The number of ether oxygens (including phenoxy) is 1. The molecule has 2 aromatic heterocycles. The molecule has 0 fully saturated rings. The van der Waals surface area contributed by atoms with Crippen molar-refractivity contribution in [2.45, 2.75) is 0 Å². The lowest BCUT2D eigenvalue weighted by Crippen LogP contribution is -2.07. The highest BCUT2D eigenvalue weighted by atomic mass is 35.5. The van der Waals surface area contributed by atoms with Gasteiger partial charge in [0.25, 0.3) is 0 Å². The van der Waals surface area contributed by atoms with Crippen molar-refractivity contribution in [3.63, 3.8) is 0 Å². The van der Waals surface area contributed by atoms with Crippen LogP contribution in [0.5, 0.6) is 0 Å². The van der Waals surface area contributed by atoms with Crippen LogP contribution in [0.1, 0.15) is 0 Å². The van der Waals surface area contributed by atoms with Crippen LogP contribution in [0.4, 0.5) is 5.69 Å². The van der Waals surface area contributed by atoms with E-state index in [2.05, 4.69) is 15.4 Å². The van der Waals surface area contributed by atoms with Crippen molar-refractivity contribution in [2.24, 2.45) is 0 Å². The molecule has 0 aliphatic heterocycles. The van der Waals surface area contributed by atoms with Crippen molar-refractivity contribution in [1.29, 1.82) is 0 Å². The molecular formula is C11H14Cl2N4O. The van der Waals surface area contributed by atoms with Crippen LogP contribution < -0.4 is 5.32 Å². The van der Waals surface area contributed by atoms with Crippen LogP contribution in [0, 0.1) is 0 Å². The Balaban J connectivity index is 0.00000162. The van der Waals surface area contributed by atoms with Crippen LogP contribution in [0.3, 0.4) is 0 Å². The van der Waals surface area contributed by atoms with Gasteiger partial charge in [0, 0.05) is 19.9 Å². The van der Waals surface area contributed by atoms with Crippen LogP contribution in [0.15, 0.2) is 30.7 Å². The summed E-state index contributed by atoms with van der Waals surface area (Å²) in [6.07, 6.45) is 5.27. The highest BCUT2D eigenvalue weighted by molar-refractivity contribution is 6.32. The van der Waals surface area contributed by atoms with Gasteiger partial charge in [-0.3, -0.25) is 4.98 Å². The molecule has 0 aliphatic rings. The van der Waals surface area contributed by atoms with Gasteiger partial charge in [-0.2, -0.15) is 5.10 Å². The average molecular weight is 289 g/mol. The molecule has 5 nitrogen and oxygen atoms in total. The van der Waals surface area contributed by atoms with Crippen molar-refractivity contribution >= 4 is 29.7 Å². The molecule has 0 saturated heterocycles. The SMILES string of the molecule is COCCNc1cn(-c2cccnc2)nc1Cl.Cl. The van der Waals surface area contributed by atoms with Crippen molar-refractivity contribution in [1.82, 2.24) is 14.8 Å². The highest BCUT2D eigenvalue weighted by Gasteiger charge is 2.07. The molecule has 2 aromatic rings. The number of halogens is 2. The lowest BCUT2D eigenvalue weighted by atomic mass is 10.4. The van der Waals surface area contributed by atoms with E-state index >= 15 is 0 Å². The molecule has 2 rings (SSSR count). The molecule has 0 atom stereocenters. The maximum atomic E-state index is 6.02. The minimum atomic E-state index is 0. The van der Waals surface area contributed by atoms with Crippen molar-refractivity contribution in [3.05, 3.63) is 35.9 Å². The van der Waals surface area contributed by atoms with Gasteiger partial charge in [-0.1, -0.05) is 11.6 Å². The Bertz CT molecular complexity index is 475. The molecule has 1 N–H and O–H groups in total. The first-order valence-electron chi connectivity index (χ1n) is 5.19. The van der Waals surface area contributed by atoms with Crippen molar-refractivity contribution in [3.8, 4) is 5.69 Å². The second kappa shape index (κ2) is 7.20. The Labute approximate surface area is 117 Å². The zero-order valence-corrected chi connectivity index (χ0v) is 11.4. The van der Waals surface area contributed by atoms with Gasteiger partial charge in [0.2, 0.25) is 0 Å².